The van der Waals surface area contributed by atoms with Crippen molar-refractivity contribution in [1.29, 1.82) is 0 Å². The molecule has 0 saturated carbocycles. The second-order valence-electron chi connectivity index (χ2n) is 5.30. The third-order valence-corrected chi connectivity index (χ3v) is 6.70. The van der Waals surface area contributed by atoms with Crippen LogP contribution in [0.1, 0.15) is 12.5 Å². The molecule has 4 rings (SSSR count). The van der Waals surface area contributed by atoms with E-state index in [1.807, 2.05) is 12.1 Å². The number of rotatable bonds is 4. The van der Waals surface area contributed by atoms with Crippen molar-refractivity contribution >= 4 is 15.4 Å². The summed E-state index contributed by atoms with van der Waals surface area (Å²) < 4.78 is 23.2. The van der Waals surface area contributed by atoms with E-state index in [4.69, 9.17) is 16.0 Å². The van der Waals surface area contributed by atoms with Crippen LogP contribution in [-0.4, -0.2) is 71.3 Å². The van der Waals surface area contributed by atoms with Gasteiger partial charge in [-0.1, -0.05) is 0 Å². The van der Waals surface area contributed by atoms with Gasteiger partial charge in [-0.05, 0) is 0 Å². The van der Waals surface area contributed by atoms with Crippen molar-refractivity contribution in [3.05, 3.63) is 29.8 Å². The molecule has 3 aliphatic heterocycles. The Hall–Kier alpha value is -0.637. The Morgan fingerprint density at radius 2 is 1.86 bits per heavy atom. The van der Waals surface area contributed by atoms with Crippen LogP contribution in [0.2, 0.25) is 0 Å². The topological polar surface area (TPSA) is 71.7 Å². The van der Waals surface area contributed by atoms with Crippen molar-refractivity contribution in [3.8, 4) is 5.75 Å². The third kappa shape index (κ3) is 4.94. The summed E-state index contributed by atoms with van der Waals surface area (Å²) in [6.07, 6.45) is 1.08. The predicted octanol–water partition coefficient (Wildman–Crippen LogP) is 0.536. The summed E-state index contributed by atoms with van der Waals surface area (Å²) >= 11 is -2.25. The van der Waals surface area contributed by atoms with Gasteiger partial charge in [-0.2, -0.15) is 0 Å². The van der Waals surface area contributed by atoms with Gasteiger partial charge in [0.15, 0.2) is 0 Å². The zero-order valence-electron chi connectivity index (χ0n) is 12.9. The number of fused-ring (bicyclic) bond motifs is 6. The molecule has 6 nitrogen and oxygen atoms in total. The van der Waals surface area contributed by atoms with Crippen LogP contribution in [0.3, 0.4) is 0 Å². The molecule has 3 heterocycles. The van der Waals surface area contributed by atoms with E-state index in [9.17, 15) is 0 Å². The average Bonchev–Trinajstić information content (AvgIpc) is 2.45. The van der Waals surface area contributed by atoms with Gasteiger partial charge in [0.25, 0.3) is 0 Å². The molecular weight excluding hydrogens is 347 g/mol. The molecule has 3 saturated heterocycles. The van der Waals surface area contributed by atoms with Crippen molar-refractivity contribution in [2.75, 3.05) is 39.5 Å². The van der Waals surface area contributed by atoms with E-state index in [1.54, 1.807) is 0 Å². The summed E-state index contributed by atoms with van der Waals surface area (Å²) in [6, 6.07) is 8.26. The fourth-order valence-electron chi connectivity index (χ4n) is 2.48. The fourth-order valence-corrected chi connectivity index (χ4v) is 4.89. The minimum absolute atomic E-state index is 0. The first-order valence-electron chi connectivity index (χ1n) is 7.57. The summed E-state index contributed by atoms with van der Waals surface area (Å²) in [7, 11) is 0. The van der Waals surface area contributed by atoms with E-state index in [1.165, 1.54) is 5.56 Å². The molecule has 1 radical (unpaired) electrons. The molecule has 3 aliphatic rings. The minimum Gasteiger partial charge on any atom is -0.412 e. The number of nitrogens with zero attached hydrogens (tertiary/aromatic N) is 1. The van der Waals surface area contributed by atoms with Crippen molar-refractivity contribution in [2.24, 2.45) is 0 Å². The second kappa shape index (κ2) is 8.85. The van der Waals surface area contributed by atoms with Crippen molar-refractivity contribution in [1.82, 2.24) is 4.90 Å². The van der Waals surface area contributed by atoms with Gasteiger partial charge >= 0.3 is 131 Å². The Morgan fingerprint density at radius 1 is 1.18 bits per heavy atom. The maximum absolute atomic E-state index is 5.98. The number of aryl methyl sites for hydroxylation is 1. The van der Waals surface area contributed by atoms with Crippen LogP contribution < -0.4 is 4.74 Å². The maximum atomic E-state index is 5.98. The molecule has 0 aliphatic carbocycles. The fraction of sp³-hybridized carbons (Fsp3) is 0.600. The summed E-state index contributed by atoms with van der Waals surface area (Å²) in [5.41, 5.74) is 1.32. The maximum Gasteiger partial charge on any atom is -0.412 e. The Kier molecular flexibility index (Phi) is 7.13. The van der Waals surface area contributed by atoms with Gasteiger partial charge in [-0.25, -0.2) is 0 Å². The first kappa shape index (κ1) is 17.7. The summed E-state index contributed by atoms with van der Waals surface area (Å²) in [4.78, 5) is 2.32. The van der Waals surface area contributed by atoms with Crippen LogP contribution >= 0.6 is 0 Å². The molecule has 2 N–H and O–H groups in total. The molecule has 1 atom stereocenters. The van der Waals surface area contributed by atoms with Crippen LogP contribution in [-0.2, 0) is 17.7 Å². The predicted molar refractivity (Wildman–Crippen MR) is 83.9 cm³/mol. The Bertz CT molecular complexity index is 420. The van der Waals surface area contributed by atoms with Crippen LogP contribution in [0.5, 0.6) is 5.75 Å². The second-order valence-corrected chi connectivity index (χ2v) is 8.05. The summed E-state index contributed by atoms with van der Waals surface area (Å²) in [6.45, 7) is 6.97. The van der Waals surface area contributed by atoms with Crippen LogP contribution in [0.4, 0.5) is 0 Å². The molecule has 7 heteroatoms. The number of hydrogen-bond acceptors (Lipinski definition) is 5. The van der Waals surface area contributed by atoms with Gasteiger partial charge in [-0.15, -0.1) is 0 Å². The van der Waals surface area contributed by atoms with Gasteiger partial charge in [0.1, 0.15) is 0 Å². The Morgan fingerprint density at radius 3 is 2.50 bits per heavy atom. The van der Waals surface area contributed by atoms with Crippen molar-refractivity contribution in [3.63, 3.8) is 0 Å². The van der Waals surface area contributed by atoms with E-state index in [-0.39, 0.29) is 11.6 Å². The molecule has 0 aromatic heterocycles. The molecule has 1 aromatic carbocycles. The molecule has 3 fully saturated rings. The monoisotopic (exact) mass is 372 g/mol. The van der Waals surface area contributed by atoms with Crippen LogP contribution in [0.15, 0.2) is 24.3 Å². The molecule has 1 aromatic rings. The minimum atomic E-state index is -2.25. The van der Waals surface area contributed by atoms with E-state index < -0.39 is 15.4 Å². The zero-order chi connectivity index (χ0) is 14.5. The average molecular weight is 371 g/mol. The Labute approximate surface area is 136 Å². The standard InChI is InChI=1S/C15H22GeNO4.H2O/c1-2-13-3-5-14(6-4-13)18-12-15-11-17-7-9-19-16(21-15)20-10-8-17;/h3-6,15H,2,7-12H2,1H3;1H2. The molecule has 0 spiro atoms. The smallest absolute Gasteiger partial charge is 0.412 e. The van der Waals surface area contributed by atoms with Crippen LogP contribution in [0, 0.1) is 0 Å². The number of ether oxygens (including phenoxy) is 1. The summed E-state index contributed by atoms with van der Waals surface area (Å²) in [5.74, 6) is 0.893. The molecule has 22 heavy (non-hydrogen) atoms. The molecule has 0 amide bonds. The SMILES string of the molecule is CCc1ccc(OCC2CN3CC[O][Ge]([O]CC3)[O]2)cc1.O. The molecule has 123 valence electrons. The van der Waals surface area contributed by atoms with Gasteiger partial charge < -0.3 is 5.48 Å². The van der Waals surface area contributed by atoms with E-state index in [0.717, 1.165) is 45.0 Å². The molecule has 1 unspecified atom stereocenters. The van der Waals surface area contributed by atoms with Gasteiger partial charge in [0.05, 0.1) is 0 Å². The van der Waals surface area contributed by atoms with E-state index in [0.29, 0.717) is 6.61 Å². The normalized spacial score (nSPS) is 25.7. The number of benzene rings is 1. The van der Waals surface area contributed by atoms with Crippen LogP contribution in [0.25, 0.3) is 0 Å². The number of hydrogen-bond donors (Lipinski definition) is 0. The quantitative estimate of drug-likeness (QED) is 0.723. The first-order valence-corrected chi connectivity index (χ1v) is 10.1. The third-order valence-electron chi connectivity index (χ3n) is 3.75. The van der Waals surface area contributed by atoms with Crippen molar-refractivity contribution < 1.29 is 21.5 Å². The zero-order valence-corrected chi connectivity index (χ0v) is 15.0. The molecular formula is C15H24GeNO5. The van der Waals surface area contributed by atoms with Gasteiger partial charge in [0, 0.05) is 0 Å². The largest absolute Gasteiger partial charge is 0.412 e. The van der Waals surface area contributed by atoms with Gasteiger partial charge in [-0.3, -0.25) is 0 Å². The summed E-state index contributed by atoms with van der Waals surface area (Å²) in [5, 5.41) is 0. The molecule has 2 bridgehead atoms. The van der Waals surface area contributed by atoms with E-state index in [2.05, 4.69) is 24.0 Å². The first-order chi connectivity index (χ1) is 10.3. The van der Waals surface area contributed by atoms with E-state index >= 15 is 0 Å². The van der Waals surface area contributed by atoms with Gasteiger partial charge in [0.2, 0.25) is 0 Å². The Balaban J connectivity index is 0.00000176. The van der Waals surface area contributed by atoms with Crippen molar-refractivity contribution in [2.45, 2.75) is 19.4 Å².